The van der Waals surface area contributed by atoms with E-state index in [-0.39, 0.29) is 6.10 Å². The third kappa shape index (κ3) is 3.94. The molecule has 0 aromatic heterocycles. The number of nitrogens with zero attached hydrogens (tertiary/aromatic N) is 1. The highest BCUT2D eigenvalue weighted by Crippen LogP contribution is 2.24. The van der Waals surface area contributed by atoms with E-state index in [1.807, 2.05) is 0 Å². The fourth-order valence-electron chi connectivity index (χ4n) is 3.28. The Kier molecular flexibility index (Phi) is 4.83. The lowest BCUT2D eigenvalue weighted by Crippen LogP contribution is -2.38. The van der Waals surface area contributed by atoms with E-state index in [0.29, 0.717) is 6.04 Å². The highest BCUT2D eigenvalue weighted by molar-refractivity contribution is 4.84. The zero-order valence-corrected chi connectivity index (χ0v) is 11.4. The van der Waals surface area contributed by atoms with Gasteiger partial charge < -0.3 is 15.3 Å². The quantitative estimate of drug-likeness (QED) is 0.784. The van der Waals surface area contributed by atoms with Crippen LogP contribution in [0.25, 0.3) is 0 Å². The van der Waals surface area contributed by atoms with Gasteiger partial charge in [-0.05, 0) is 50.6 Å². The molecule has 0 amide bonds. The van der Waals surface area contributed by atoms with E-state index in [2.05, 4.69) is 24.1 Å². The Bertz CT molecular complexity index is 232. The molecule has 2 N–H and O–H groups in total. The van der Waals surface area contributed by atoms with Crippen molar-refractivity contribution >= 4 is 0 Å². The number of hydrogen-bond donors (Lipinski definition) is 2. The van der Waals surface area contributed by atoms with E-state index in [9.17, 15) is 5.11 Å². The summed E-state index contributed by atoms with van der Waals surface area (Å²) in [5.41, 5.74) is 0. The fourth-order valence-corrected chi connectivity index (χ4v) is 3.28. The van der Waals surface area contributed by atoms with Crippen LogP contribution in [0.1, 0.15) is 39.5 Å². The molecule has 2 saturated heterocycles. The third-order valence-electron chi connectivity index (χ3n) is 4.49. The standard InChI is InChI=1S/C14H28N2O/c1-11(2)12-4-3-6-16(7-5-12)10-13-8-14(17)9-15-13/h11-15,17H,3-10H2,1-2H3. The SMILES string of the molecule is CC(C)C1CCCN(CC2CC(O)CN2)CC1. The zero-order valence-electron chi connectivity index (χ0n) is 11.4. The van der Waals surface area contributed by atoms with Gasteiger partial charge in [-0.15, -0.1) is 0 Å². The average Bonchev–Trinajstić information content (AvgIpc) is 2.54. The number of hydrogen-bond acceptors (Lipinski definition) is 3. The maximum atomic E-state index is 9.52. The second-order valence-corrected chi connectivity index (χ2v) is 6.23. The van der Waals surface area contributed by atoms with E-state index >= 15 is 0 Å². The highest BCUT2D eigenvalue weighted by atomic mass is 16.3. The minimum atomic E-state index is -0.115. The van der Waals surface area contributed by atoms with Crippen LogP contribution in [0, 0.1) is 11.8 Å². The molecule has 3 heteroatoms. The highest BCUT2D eigenvalue weighted by Gasteiger charge is 2.25. The van der Waals surface area contributed by atoms with Crippen molar-refractivity contribution in [2.75, 3.05) is 26.2 Å². The predicted molar refractivity (Wildman–Crippen MR) is 71.0 cm³/mol. The lowest BCUT2D eigenvalue weighted by atomic mass is 9.89. The molecule has 0 aromatic rings. The first-order valence-corrected chi connectivity index (χ1v) is 7.29. The molecule has 0 saturated carbocycles. The molecule has 2 fully saturated rings. The topological polar surface area (TPSA) is 35.5 Å². The second kappa shape index (κ2) is 6.17. The number of aliphatic hydroxyl groups is 1. The molecule has 2 aliphatic heterocycles. The molecule has 2 rings (SSSR count). The van der Waals surface area contributed by atoms with Crippen LogP contribution < -0.4 is 5.32 Å². The molecule has 3 nitrogen and oxygen atoms in total. The predicted octanol–water partition coefficient (Wildman–Crippen LogP) is 1.47. The number of aliphatic hydroxyl groups excluding tert-OH is 1. The molecule has 17 heavy (non-hydrogen) atoms. The van der Waals surface area contributed by atoms with E-state index in [4.69, 9.17) is 0 Å². The maximum absolute atomic E-state index is 9.52. The van der Waals surface area contributed by atoms with Crippen LogP contribution >= 0.6 is 0 Å². The number of rotatable bonds is 3. The summed E-state index contributed by atoms with van der Waals surface area (Å²) in [4.78, 5) is 2.60. The first kappa shape index (κ1) is 13.3. The largest absolute Gasteiger partial charge is 0.392 e. The molecule has 3 atom stereocenters. The van der Waals surface area contributed by atoms with Crippen molar-refractivity contribution in [3.63, 3.8) is 0 Å². The van der Waals surface area contributed by atoms with Crippen molar-refractivity contribution in [3.8, 4) is 0 Å². The third-order valence-corrected chi connectivity index (χ3v) is 4.49. The minimum absolute atomic E-state index is 0.115. The fraction of sp³-hybridized carbons (Fsp3) is 1.00. The van der Waals surface area contributed by atoms with Gasteiger partial charge in [0.25, 0.3) is 0 Å². The summed E-state index contributed by atoms with van der Waals surface area (Å²) >= 11 is 0. The van der Waals surface area contributed by atoms with Gasteiger partial charge >= 0.3 is 0 Å². The molecular formula is C14H28N2O. The van der Waals surface area contributed by atoms with Crippen molar-refractivity contribution in [1.29, 1.82) is 0 Å². The smallest absolute Gasteiger partial charge is 0.0680 e. The van der Waals surface area contributed by atoms with Gasteiger partial charge in [-0.3, -0.25) is 0 Å². The van der Waals surface area contributed by atoms with Crippen LogP contribution in [-0.4, -0.2) is 48.3 Å². The van der Waals surface area contributed by atoms with Crippen molar-refractivity contribution in [1.82, 2.24) is 10.2 Å². The van der Waals surface area contributed by atoms with Gasteiger partial charge in [-0.25, -0.2) is 0 Å². The molecule has 0 aliphatic carbocycles. The first-order chi connectivity index (χ1) is 8.15. The molecule has 0 bridgehead atoms. The first-order valence-electron chi connectivity index (χ1n) is 7.29. The van der Waals surface area contributed by atoms with Gasteiger partial charge in [-0.2, -0.15) is 0 Å². The van der Waals surface area contributed by atoms with Crippen molar-refractivity contribution in [3.05, 3.63) is 0 Å². The van der Waals surface area contributed by atoms with Gasteiger partial charge in [0.15, 0.2) is 0 Å². The molecule has 3 unspecified atom stereocenters. The number of nitrogens with one attached hydrogen (secondary N) is 1. The van der Waals surface area contributed by atoms with E-state index in [1.54, 1.807) is 0 Å². The van der Waals surface area contributed by atoms with Crippen molar-refractivity contribution in [2.24, 2.45) is 11.8 Å². The monoisotopic (exact) mass is 240 g/mol. The van der Waals surface area contributed by atoms with E-state index < -0.39 is 0 Å². The number of likely N-dealkylation sites (tertiary alicyclic amines) is 1. The molecular weight excluding hydrogens is 212 g/mol. The number of β-amino-alcohol motifs (C(OH)–C–C–N with tert-alkyl or cyclic N) is 1. The van der Waals surface area contributed by atoms with Gasteiger partial charge in [0.1, 0.15) is 0 Å². The van der Waals surface area contributed by atoms with E-state index in [1.165, 1.54) is 32.4 Å². The summed E-state index contributed by atoms with van der Waals surface area (Å²) in [6.07, 6.45) is 4.92. The summed E-state index contributed by atoms with van der Waals surface area (Å²) < 4.78 is 0. The van der Waals surface area contributed by atoms with Gasteiger partial charge in [0.2, 0.25) is 0 Å². The van der Waals surface area contributed by atoms with Crippen molar-refractivity contribution in [2.45, 2.75) is 51.7 Å². The lowest BCUT2D eigenvalue weighted by Gasteiger charge is -2.24. The lowest BCUT2D eigenvalue weighted by molar-refractivity contribution is 0.187. The molecule has 0 aromatic carbocycles. The van der Waals surface area contributed by atoms with Gasteiger partial charge in [0, 0.05) is 19.1 Å². The van der Waals surface area contributed by atoms with Crippen LogP contribution in [-0.2, 0) is 0 Å². The van der Waals surface area contributed by atoms with Crippen LogP contribution in [0.2, 0.25) is 0 Å². The Morgan fingerprint density at radius 2 is 2.12 bits per heavy atom. The Labute approximate surface area is 106 Å². The summed E-state index contributed by atoms with van der Waals surface area (Å²) in [6, 6.07) is 0.514. The molecule has 100 valence electrons. The average molecular weight is 240 g/mol. The Morgan fingerprint density at radius 1 is 1.29 bits per heavy atom. The van der Waals surface area contributed by atoms with E-state index in [0.717, 1.165) is 31.3 Å². The zero-order chi connectivity index (χ0) is 12.3. The normalized spacial score (nSPS) is 36.4. The van der Waals surface area contributed by atoms with Gasteiger partial charge in [0.05, 0.1) is 6.10 Å². The molecule has 0 spiro atoms. The Morgan fingerprint density at radius 3 is 2.76 bits per heavy atom. The summed E-state index contributed by atoms with van der Waals surface area (Å²) in [5.74, 6) is 1.75. The molecule has 2 aliphatic rings. The van der Waals surface area contributed by atoms with Crippen LogP contribution in [0.3, 0.4) is 0 Å². The molecule has 0 radical (unpaired) electrons. The maximum Gasteiger partial charge on any atom is 0.0680 e. The Hall–Kier alpha value is -0.120. The Balaban J connectivity index is 1.75. The van der Waals surface area contributed by atoms with Crippen molar-refractivity contribution < 1.29 is 5.11 Å². The summed E-state index contributed by atoms with van der Waals surface area (Å²) in [6.45, 7) is 9.12. The summed E-state index contributed by atoms with van der Waals surface area (Å²) in [5, 5.41) is 12.9. The summed E-state index contributed by atoms with van der Waals surface area (Å²) in [7, 11) is 0. The molecule has 2 heterocycles. The minimum Gasteiger partial charge on any atom is -0.392 e. The second-order valence-electron chi connectivity index (χ2n) is 6.23. The van der Waals surface area contributed by atoms with Crippen LogP contribution in [0.5, 0.6) is 0 Å². The van der Waals surface area contributed by atoms with Gasteiger partial charge in [-0.1, -0.05) is 13.8 Å². The van der Waals surface area contributed by atoms with Crippen LogP contribution in [0.4, 0.5) is 0 Å². The van der Waals surface area contributed by atoms with Crippen LogP contribution in [0.15, 0.2) is 0 Å².